The Morgan fingerprint density at radius 2 is 2.36 bits per heavy atom. The lowest BCUT2D eigenvalue weighted by Crippen LogP contribution is -2.03. The van der Waals surface area contributed by atoms with E-state index < -0.39 is 5.97 Å². The lowest BCUT2D eigenvalue weighted by atomic mass is 10.4. The van der Waals surface area contributed by atoms with Crippen LogP contribution in [-0.4, -0.2) is 12.6 Å². The van der Waals surface area contributed by atoms with Gasteiger partial charge in [0.2, 0.25) is 0 Å². The number of ether oxygens (including phenoxy) is 1. The lowest BCUT2D eigenvalue weighted by molar-refractivity contribution is -0.137. The molecule has 0 amide bonds. The maximum Gasteiger partial charge on any atom is 0.349 e. The van der Waals surface area contributed by atoms with Crippen molar-refractivity contribution in [3.8, 4) is 0 Å². The summed E-state index contributed by atoms with van der Waals surface area (Å²) in [6.45, 7) is 2.15. The van der Waals surface area contributed by atoms with Crippen LogP contribution in [0.25, 0.3) is 0 Å². The van der Waals surface area contributed by atoms with Crippen molar-refractivity contribution >= 4 is 17.6 Å². The Labute approximate surface area is 71.2 Å². The molecule has 11 heavy (non-hydrogen) atoms. The van der Waals surface area contributed by atoms with Gasteiger partial charge in [0.15, 0.2) is 0 Å². The van der Waals surface area contributed by atoms with Gasteiger partial charge < -0.3 is 4.74 Å². The van der Waals surface area contributed by atoms with Crippen molar-refractivity contribution in [2.24, 2.45) is 5.92 Å². The van der Waals surface area contributed by atoms with E-state index in [1.807, 2.05) is 0 Å². The maximum absolute atomic E-state index is 10.9. The van der Waals surface area contributed by atoms with Crippen LogP contribution in [0.5, 0.6) is 0 Å². The minimum atomic E-state index is -0.402. The summed E-state index contributed by atoms with van der Waals surface area (Å²) in [5, 5.41) is 0.231. The van der Waals surface area contributed by atoms with Gasteiger partial charge in [-0.25, -0.2) is 4.79 Å². The second-order valence-electron chi connectivity index (χ2n) is 2.57. The minimum absolute atomic E-state index is 0.231. The van der Waals surface area contributed by atoms with E-state index in [2.05, 4.69) is 0 Å². The normalized spacial score (nSPS) is 18.2. The molecule has 1 saturated carbocycles. The van der Waals surface area contributed by atoms with Gasteiger partial charge in [0.25, 0.3) is 0 Å². The second-order valence-corrected chi connectivity index (χ2v) is 2.98. The van der Waals surface area contributed by atoms with Crippen LogP contribution in [0.15, 0.2) is 11.1 Å². The third-order valence-corrected chi connectivity index (χ3v) is 1.75. The monoisotopic (exact) mass is 174 g/mol. The number of carbonyl (C=O) groups is 1. The van der Waals surface area contributed by atoms with Gasteiger partial charge in [-0.15, -0.1) is 0 Å². The van der Waals surface area contributed by atoms with E-state index in [4.69, 9.17) is 16.3 Å². The molecule has 0 unspecified atom stereocenters. The molecule has 0 heterocycles. The first-order chi connectivity index (χ1) is 5.24. The average molecular weight is 175 g/mol. The van der Waals surface area contributed by atoms with Gasteiger partial charge in [-0.1, -0.05) is 17.7 Å². The van der Waals surface area contributed by atoms with Gasteiger partial charge in [0, 0.05) is 0 Å². The van der Waals surface area contributed by atoms with Crippen molar-refractivity contribution in [1.29, 1.82) is 0 Å². The lowest BCUT2D eigenvalue weighted by Gasteiger charge is -1.97. The molecule has 0 N–H and O–H groups in total. The van der Waals surface area contributed by atoms with Crippen LogP contribution in [0.3, 0.4) is 0 Å². The zero-order valence-corrected chi connectivity index (χ0v) is 7.23. The van der Waals surface area contributed by atoms with E-state index in [0.717, 1.165) is 12.8 Å². The summed E-state index contributed by atoms with van der Waals surface area (Å²) in [4.78, 5) is 10.9. The van der Waals surface area contributed by atoms with Crippen molar-refractivity contribution in [1.82, 2.24) is 0 Å². The first-order valence-electron chi connectivity index (χ1n) is 3.78. The minimum Gasteiger partial charge on any atom is -0.462 e. The fraction of sp³-hybridized carbons (Fsp3) is 0.625. The molecule has 0 spiro atoms. The van der Waals surface area contributed by atoms with Gasteiger partial charge in [0.05, 0.1) is 6.61 Å². The highest BCUT2D eigenvalue weighted by atomic mass is 35.5. The van der Waals surface area contributed by atoms with Gasteiger partial charge in [-0.2, -0.15) is 0 Å². The number of hydrogen-bond donors (Lipinski definition) is 0. The van der Waals surface area contributed by atoms with Crippen molar-refractivity contribution in [3.05, 3.63) is 11.1 Å². The van der Waals surface area contributed by atoms with Crippen LogP contribution in [0.2, 0.25) is 0 Å². The smallest absolute Gasteiger partial charge is 0.349 e. The van der Waals surface area contributed by atoms with Crippen LogP contribution >= 0.6 is 11.6 Å². The molecule has 0 aromatic carbocycles. The van der Waals surface area contributed by atoms with Crippen LogP contribution in [0.4, 0.5) is 0 Å². The molecule has 1 aliphatic carbocycles. The highest BCUT2D eigenvalue weighted by Gasteiger charge is 2.21. The van der Waals surface area contributed by atoms with Crippen LogP contribution in [0.1, 0.15) is 19.8 Å². The number of rotatable bonds is 3. The maximum atomic E-state index is 10.9. The number of halogens is 1. The third-order valence-electron chi connectivity index (χ3n) is 1.47. The number of hydrogen-bond acceptors (Lipinski definition) is 2. The fourth-order valence-corrected chi connectivity index (χ4v) is 0.971. The Kier molecular flexibility index (Phi) is 2.94. The number of allylic oxidation sites excluding steroid dienone is 1. The SMILES string of the molecule is CCOC(=O)C(Cl)=CC1CC1. The standard InChI is InChI=1S/C8H11ClO2/c1-2-11-8(10)7(9)5-6-3-4-6/h5-6H,2-4H2,1H3. The molecule has 0 aromatic rings. The van der Waals surface area contributed by atoms with Crippen LogP contribution < -0.4 is 0 Å². The molecular weight excluding hydrogens is 164 g/mol. The Balaban J connectivity index is 2.37. The number of carbonyl (C=O) groups excluding carboxylic acids is 1. The third kappa shape index (κ3) is 2.93. The molecule has 62 valence electrons. The molecule has 1 fully saturated rings. The summed E-state index contributed by atoms with van der Waals surface area (Å²) in [6, 6.07) is 0. The molecule has 0 bridgehead atoms. The molecule has 0 saturated heterocycles. The zero-order valence-electron chi connectivity index (χ0n) is 6.47. The predicted molar refractivity (Wildman–Crippen MR) is 43.3 cm³/mol. The van der Waals surface area contributed by atoms with E-state index in [-0.39, 0.29) is 5.03 Å². The molecule has 0 radical (unpaired) electrons. The molecule has 1 aliphatic rings. The first kappa shape index (κ1) is 8.60. The van der Waals surface area contributed by atoms with Crippen molar-refractivity contribution in [3.63, 3.8) is 0 Å². The van der Waals surface area contributed by atoms with E-state index in [1.165, 1.54) is 0 Å². The Morgan fingerprint density at radius 3 is 2.82 bits per heavy atom. The topological polar surface area (TPSA) is 26.3 Å². The van der Waals surface area contributed by atoms with Crippen LogP contribution in [0, 0.1) is 5.92 Å². The summed E-state index contributed by atoms with van der Waals surface area (Å²) >= 11 is 5.63. The summed E-state index contributed by atoms with van der Waals surface area (Å²) in [5.74, 6) is 0.118. The van der Waals surface area contributed by atoms with Crippen molar-refractivity contribution in [2.75, 3.05) is 6.61 Å². The Hall–Kier alpha value is -0.500. The summed E-state index contributed by atoms with van der Waals surface area (Å²) < 4.78 is 4.69. The van der Waals surface area contributed by atoms with Gasteiger partial charge >= 0.3 is 5.97 Å². The fourth-order valence-electron chi connectivity index (χ4n) is 0.738. The van der Waals surface area contributed by atoms with Crippen molar-refractivity contribution in [2.45, 2.75) is 19.8 Å². The molecule has 2 nitrogen and oxygen atoms in total. The van der Waals surface area contributed by atoms with Crippen LogP contribution in [-0.2, 0) is 9.53 Å². The van der Waals surface area contributed by atoms with Gasteiger partial charge in [-0.05, 0) is 25.7 Å². The molecular formula is C8H11ClO2. The van der Waals surface area contributed by atoms with E-state index in [1.54, 1.807) is 13.0 Å². The first-order valence-corrected chi connectivity index (χ1v) is 4.16. The highest BCUT2D eigenvalue weighted by molar-refractivity contribution is 6.41. The van der Waals surface area contributed by atoms with E-state index in [9.17, 15) is 4.79 Å². The Bertz CT molecular complexity index is 183. The van der Waals surface area contributed by atoms with Gasteiger partial charge in [0.1, 0.15) is 5.03 Å². The largest absolute Gasteiger partial charge is 0.462 e. The zero-order chi connectivity index (χ0) is 8.27. The summed E-state index contributed by atoms with van der Waals surface area (Å²) in [6.07, 6.45) is 4.07. The summed E-state index contributed by atoms with van der Waals surface area (Å²) in [7, 11) is 0. The quantitative estimate of drug-likeness (QED) is 0.484. The summed E-state index contributed by atoms with van der Waals surface area (Å²) in [5.41, 5.74) is 0. The Morgan fingerprint density at radius 1 is 1.73 bits per heavy atom. The van der Waals surface area contributed by atoms with Crippen molar-refractivity contribution < 1.29 is 9.53 Å². The molecule has 1 rings (SSSR count). The molecule has 0 atom stereocenters. The predicted octanol–water partition coefficient (Wildman–Crippen LogP) is 2.08. The highest BCUT2D eigenvalue weighted by Crippen LogP contribution is 2.32. The van der Waals surface area contributed by atoms with E-state index in [0.29, 0.717) is 12.5 Å². The average Bonchev–Trinajstić information content (AvgIpc) is 2.72. The van der Waals surface area contributed by atoms with E-state index >= 15 is 0 Å². The van der Waals surface area contributed by atoms with Gasteiger partial charge in [-0.3, -0.25) is 0 Å². The number of esters is 1. The second kappa shape index (κ2) is 3.77. The molecule has 0 aromatic heterocycles. The molecule has 0 aliphatic heterocycles. The molecule has 3 heteroatoms.